The van der Waals surface area contributed by atoms with E-state index in [0.717, 1.165) is 42.3 Å². The maximum Gasteiger partial charge on any atom is 0.177 e. The molecule has 0 radical (unpaired) electrons. The minimum Gasteiger partial charge on any atom is -0.486 e. The number of rotatable bonds is 2. The van der Waals surface area contributed by atoms with Gasteiger partial charge in [0.1, 0.15) is 6.61 Å². The summed E-state index contributed by atoms with van der Waals surface area (Å²) in [6, 6.07) is 2.33. The molecule has 4 nitrogen and oxygen atoms in total. The molecular formula is C12H16N2O2S. The van der Waals surface area contributed by atoms with Crippen molar-refractivity contribution in [2.45, 2.75) is 12.5 Å². The smallest absolute Gasteiger partial charge is 0.177 e. The fourth-order valence-electron chi connectivity index (χ4n) is 2.79. The van der Waals surface area contributed by atoms with Crippen LogP contribution in [0.1, 0.15) is 6.42 Å². The van der Waals surface area contributed by atoms with Gasteiger partial charge < -0.3 is 19.4 Å². The predicted octanol–water partition coefficient (Wildman–Crippen LogP) is 1.98. The summed E-state index contributed by atoms with van der Waals surface area (Å²) >= 11 is 5.28. The van der Waals surface area contributed by atoms with Gasteiger partial charge in [-0.05, 0) is 12.5 Å². The van der Waals surface area contributed by atoms with Crippen molar-refractivity contribution >= 4 is 18.0 Å². The van der Waals surface area contributed by atoms with Crippen molar-refractivity contribution in [1.29, 1.82) is 0 Å². The van der Waals surface area contributed by atoms with Crippen LogP contribution in [-0.4, -0.2) is 37.9 Å². The molecule has 0 aliphatic carbocycles. The SMILES string of the molecule is COCC1C[C@H]2COc3c([nH]ccc3=S)N2C1. The Morgan fingerprint density at radius 2 is 2.53 bits per heavy atom. The van der Waals surface area contributed by atoms with Crippen molar-refractivity contribution in [3.63, 3.8) is 0 Å². The molecule has 1 fully saturated rings. The van der Waals surface area contributed by atoms with Crippen molar-refractivity contribution < 1.29 is 9.47 Å². The molecule has 1 aromatic heterocycles. The topological polar surface area (TPSA) is 37.5 Å². The number of pyridine rings is 1. The third-order valence-electron chi connectivity index (χ3n) is 3.50. The number of hydrogen-bond donors (Lipinski definition) is 1. The Balaban J connectivity index is 1.91. The fourth-order valence-corrected chi connectivity index (χ4v) is 3.01. The Hall–Kier alpha value is -1.07. The Morgan fingerprint density at radius 1 is 1.65 bits per heavy atom. The van der Waals surface area contributed by atoms with Crippen molar-refractivity contribution in [1.82, 2.24) is 4.98 Å². The van der Waals surface area contributed by atoms with E-state index in [0.29, 0.717) is 12.0 Å². The monoisotopic (exact) mass is 252 g/mol. The molecule has 1 saturated heterocycles. The Labute approximate surface area is 106 Å². The van der Waals surface area contributed by atoms with Gasteiger partial charge in [0.25, 0.3) is 0 Å². The van der Waals surface area contributed by atoms with Crippen molar-refractivity contribution in [3.8, 4) is 5.75 Å². The zero-order valence-corrected chi connectivity index (χ0v) is 10.6. The second-order valence-electron chi connectivity index (χ2n) is 4.69. The van der Waals surface area contributed by atoms with Gasteiger partial charge in [0, 0.05) is 25.8 Å². The number of ether oxygens (including phenoxy) is 2. The van der Waals surface area contributed by atoms with Crippen LogP contribution in [0.15, 0.2) is 12.3 Å². The number of H-pyrrole nitrogens is 1. The first-order valence-electron chi connectivity index (χ1n) is 5.89. The number of fused-ring (bicyclic) bond motifs is 3. The van der Waals surface area contributed by atoms with Gasteiger partial charge in [0.05, 0.1) is 17.2 Å². The molecule has 2 aliphatic rings. The Morgan fingerprint density at radius 3 is 3.35 bits per heavy atom. The van der Waals surface area contributed by atoms with Gasteiger partial charge in [-0.3, -0.25) is 0 Å². The summed E-state index contributed by atoms with van der Waals surface area (Å²) in [5, 5.41) is 0. The molecule has 1 N–H and O–H groups in total. The molecule has 1 aromatic rings. The van der Waals surface area contributed by atoms with E-state index in [1.807, 2.05) is 12.3 Å². The molecule has 2 aliphatic heterocycles. The molecule has 17 heavy (non-hydrogen) atoms. The van der Waals surface area contributed by atoms with Crippen LogP contribution in [-0.2, 0) is 4.74 Å². The Bertz CT molecular complexity index is 474. The van der Waals surface area contributed by atoms with Gasteiger partial charge in [-0.25, -0.2) is 0 Å². The summed E-state index contributed by atoms with van der Waals surface area (Å²) in [5.74, 6) is 2.45. The number of hydrogen-bond acceptors (Lipinski definition) is 4. The second kappa shape index (κ2) is 4.31. The lowest BCUT2D eigenvalue weighted by molar-refractivity contribution is 0.157. The molecule has 2 atom stereocenters. The second-order valence-corrected chi connectivity index (χ2v) is 5.13. The van der Waals surface area contributed by atoms with Gasteiger partial charge in [-0.1, -0.05) is 12.2 Å². The quantitative estimate of drug-likeness (QED) is 0.817. The molecule has 3 heterocycles. The van der Waals surface area contributed by atoms with Gasteiger partial charge in [0.15, 0.2) is 11.6 Å². The maximum atomic E-state index is 5.78. The summed E-state index contributed by atoms with van der Waals surface area (Å²) in [6.07, 6.45) is 3.01. The van der Waals surface area contributed by atoms with Crippen LogP contribution in [0.3, 0.4) is 0 Å². The van der Waals surface area contributed by atoms with Crippen LogP contribution in [0.25, 0.3) is 0 Å². The van der Waals surface area contributed by atoms with Crippen LogP contribution < -0.4 is 9.64 Å². The normalized spacial score (nSPS) is 26.3. The van der Waals surface area contributed by atoms with Crippen LogP contribution in [0, 0.1) is 10.4 Å². The number of aromatic nitrogens is 1. The van der Waals surface area contributed by atoms with E-state index in [1.54, 1.807) is 7.11 Å². The summed E-state index contributed by atoms with van der Waals surface area (Å²) in [5.41, 5.74) is 0. The molecule has 0 bridgehead atoms. The van der Waals surface area contributed by atoms with Crippen LogP contribution >= 0.6 is 12.2 Å². The number of anilines is 1. The zero-order valence-electron chi connectivity index (χ0n) is 9.81. The van der Waals surface area contributed by atoms with Crippen LogP contribution in [0.5, 0.6) is 5.75 Å². The average molecular weight is 252 g/mol. The van der Waals surface area contributed by atoms with E-state index in [-0.39, 0.29) is 0 Å². The highest BCUT2D eigenvalue weighted by atomic mass is 32.1. The Kier molecular flexibility index (Phi) is 2.80. The van der Waals surface area contributed by atoms with Gasteiger partial charge in [-0.2, -0.15) is 0 Å². The molecule has 0 saturated carbocycles. The van der Waals surface area contributed by atoms with E-state index < -0.39 is 0 Å². The predicted molar refractivity (Wildman–Crippen MR) is 68.2 cm³/mol. The van der Waals surface area contributed by atoms with E-state index in [1.165, 1.54) is 0 Å². The van der Waals surface area contributed by atoms with Gasteiger partial charge in [0.2, 0.25) is 0 Å². The molecule has 0 spiro atoms. The van der Waals surface area contributed by atoms with Crippen LogP contribution in [0.2, 0.25) is 0 Å². The summed E-state index contributed by atoms with van der Waals surface area (Å²) in [4.78, 5) is 5.63. The minimum absolute atomic E-state index is 0.454. The largest absolute Gasteiger partial charge is 0.486 e. The van der Waals surface area contributed by atoms with Crippen molar-refractivity contribution in [2.75, 3.05) is 31.8 Å². The third-order valence-corrected chi connectivity index (χ3v) is 3.83. The summed E-state index contributed by atoms with van der Waals surface area (Å²) in [6.45, 7) is 2.56. The summed E-state index contributed by atoms with van der Waals surface area (Å²) < 4.78 is 11.8. The van der Waals surface area contributed by atoms with Crippen molar-refractivity contribution in [3.05, 3.63) is 16.8 Å². The zero-order chi connectivity index (χ0) is 11.8. The lowest BCUT2D eigenvalue weighted by atomic mass is 10.1. The first-order chi connectivity index (χ1) is 8.29. The van der Waals surface area contributed by atoms with Crippen molar-refractivity contribution in [2.24, 2.45) is 5.92 Å². The minimum atomic E-state index is 0.454. The number of nitrogens with one attached hydrogen (secondary N) is 1. The molecule has 5 heteroatoms. The molecule has 0 aromatic carbocycles. The molecule has 0 amide bonds. The van der Waals surface area contributed by atoms with E-state index in [2.05, 4.69) is 9.88 Å². The molecule has 92 valence electrons. The lowest BCUT2D eigenvalue weighted by Crippen LogP contribution is -2.38. The first kappa shape index (κ1) is 11.0. The molecule has 3 rings (SSSR count). The van der Waals surface area contributed by atoms with E-state index in [9.17, 15) is 0 Å². The first-order valence-corrected chi connectivity index (χ1v) is 6.30. The van der Waals surface area contributed by atoms with Crippen LogP contribution in [0.4, 0.5) is 5.82 Å². The average Bonchev–Trinajstić information content (AvgIpc) is 2.73. The molecule has 1 unspecified atom stereocenters. The highest BCUT2D eigenvalue weighted by Gasteiger charge is 2.37. The fraction of sp³-hybridized carbons (Fsp3) is 0.583. The third kappa shape index (κ3) is 1.83. The maximum absolute atomic E-state index is 5.78. The number of aromatic amines is 1. The standard InChI is InChI=1S/C12H16N2O2S/c1-15-6-8-4-9-7-16-11-10(17)2-3-13-12(11)14(9)5-8/h2-3,8-9H,4-7H2,1H3,(H,13,17)/t8?,9-/m0/s1. The highest BCUT2D eigenvalue weighted by molar-refractivity contribution is 7.71. The van der Waals surface area contributed by atoms with E-state index in [4.69, 9.17) is 21.7 Å². The summed E-state index contributed by atoms with van der Waals surface area (Å²) in [7, 11) is 1.76. The number of methoxy groups -OCH3 is 1. The van der Waals surface area contributed by atoms with Gasteiger partial charge >= 0.3 is 0 Å². The molecular weight excluding hydrogens is 236 g/mol. The highest BCUT2D eigenvalue weighted by Crippen LogP contribution is 2.38. The number of nitrogens with zero attached hydrogens (tertiary/aromatic N) is 1. The lowest BCUT2D eigenvalue weighted by Gasteiger charge is -2.32. The van der Waals surface area contributed by atoms with E-state index >= 15 is 0 Å². The van der Waals surface area contributed by atoms with Gasteiger partial charge in [-0.15, -0.1) is 0 Å².